The zero-order chi connectivity index (χ0) is 12.4. The van der Waals surface area contributed by atoms with Crippen LogP contribution in [0.15, 0.2) is 0 Å². The monoisotopic (exact) mass is 227 g/mol. The topological polar surface area (TPSA) is 21.3 Å². The smallest absolute Gasteiger partial charge is 0.0735 e. The fourth-order valence-corrected chi connectivity index (χ4v) is 2.41. The Bertz CT molecular complexity index is 188. The summed E-state index contributed by atoms with van der Waals surface area (Å²) < 4.78 is 6.17. The van der Waals surface area contributed by atoms with Gasteiger partial charge in [-0.1, -0.05) is 12.8 Å². The maximum Gasteiger partial charge on any atom is 0.0735 e. The number of rotatable bonds is 2. The van der Waals surface area contributed by atoms with Gasteiger partial charge >= 0.3 is 0 Å². The van der Waals surface area contributed by atoms with Gasteiger partial charge in [-0.3, -0.25) is 0 Å². The van der Waals surface area contributed by atoms with Crippen LogP contribution >= 0.6 is 0 Å². The standard InChI is InChI=1S/C14H29NO/c1-13(2,3)15-11-9-7-8-10-12(11)16-14(4,5)6/h11-12,15H,7-10H2,1-6H3/t11?,12-/m1/s1. The van der Waals surface area contributed by atoms with Crippen molar-refractivity contribution < 1.29 is 4.74 Å². The van der Waals surface area contributed by atoms with Crippen molar-refractivity contribution in [3.63, 3.8) is 0 Å². The summed E-state index contributed by atoms with van der Waals surface area (Å²) in [5.74, 6) is 0. The summed E-state index contributed by atoms with van der Waals surface area (Å²) in [6, 6.07) is 0.521. The number of ether oxygens (including phenoxy) is 1. The van der Waals surface area contributed by atoms with E-state index in [2.05, 4.69) is 46.9 Å². The highest BCUT2D eigenvalue weighted by Gasteiger charge is 2.31. The number of hydrogen-bond acceptors (Lipinski definition) is 2. The molecule has 96 valence electrons. The van der Waals surface area contributed by atoms with Crippen molar-refractivity contribution in [2.75, 3.05) is 0 Å². The van der Waals surface area contributed by atoms with E-state index in [4.69, 9.17) is 4.74 Å². The van der Waals surface area contributed by atoms with Gasteiger partial charge in [0.05, 0.1) is 11.7 Å². The first-order valence-electron chi connectivity index (χ1n) is 6.63. The molecule has 1 saturated carbocycles. The SMILES string of the molecule is CC(C)(C)NC1CCCC[C@H]1OC(C)(C)C. The first-order valence-corrected chi connectivity index (χ1v) is 6.63. The molecule has 0 aromatic heterocycles. The van der Waals surface area contributed by atoms with E-state index < -0.39 is 0 Å². The molecule has 0 spiro atoms. The number of nitrogens with one attached hydrogen (secondary N) is 1. The molecule has 1 fully saturated rings. The van der Waals surface area contributed by atoms with Crippen LogP contribution in [-0.2, 0) is 4.74 Å². The molecule has 1 aliphatic rings. The summed E-state index contributed by atoms with van der Waals surface area (Å²) in [6.07, 6.45) is 5.47. The van der Waals surface area contributed by atoms with Crippen LogP contribution < -0.4 is 5.32 Å². The van der Waals surface area contributed by atoms with Crippen LogP contribution in [0.3, 0.4) is 0 Å². The maximum atomic E-state index is 6.17. The molecule has 1 N–H and O–H groups in total. The lowest BCUT2D eigenvalue weighted by Gasteiger charge is -2.40. The van der Waals surface area contributed by atoms with Crippen molar-refractivity contribution in [2.24, 2.45) is 0 Å². The Kier molecular flexibility index (Phi) is 4.42. The Labute approximate surface area is 101 Å². The van der Waals surface area contributed by atoms with Crippen LogP contribution in [0.4, 0.5) is 0 Å². The molecule has 1 unspecified atom stereocenters. The molecule has 0 bridgehead atoms. The molecule has 0 aromatic carbocycles. The van der Waals surface area contributed by atoms with Gasteiger partial charge in [0, 0.05) is 11.6 Å². The Morgan fingerprint density at radius 2 is 1.50 bits per heavy atom. The Hall–Kier alpha value is -0.0800. The van der Waals surface area contributed by atoms with E-state index in [1.165, 1.54) is 25.7 Å². The van der Waals surface area contributed by atoms with Crippen molar-refractivity contribution in [1.29, 1.82) is 0 Å². The highest BCUT2D eigenvalue weighted by Crippen LogP contribution is 2.26. The van der Waals surface area contributed by atoms with E-state index in [1.54, 1.807) is 0 Å². The fraction of sp³-hybridized carbons (Fsp3) is 1.00. The summed E-state index contributed by atoms with van der Waals surface area (Å²) >= 11 is 0. The summed E-state index contributed by atoms with van der Waals surface area (Å²) in [6.45, 7) is 13.1. The minimum absolute atomic E-state index is 0.0280. The molecule has 1 aliphatic carbocycles. The molecule has 1 rings (SSSR count). The molecule has 0 aliphatic heterocycles. The zero-order valence-electron chi connectivity index (χ0n) is 11.9. The van der Waals surface area contributed by atoms with Gasteiger partial charge in [-0.2, -0.15) is 0 Å². The lowest BCUT2D eigenvalue weighted by atomic mass is 9.90. The third kappa shape index (κ3) is 5.31. The molecular formula is C14H29NO. The quantitative estimate of drug-likeness (QED) is 0.779. The average molecular weight is 227 g/mol. The molecule has 0 heterocycles. The van der Waals surface area contributed by atoms with Crippen molar-refractivity contribution in [3.8, 4) is 0 Å². The Morgan fingerprint density at radius 1 is 0.938 bits per heavy atom. The molecule has 0 aromatic rings. The van der Waals surface area contributed by atoms with Crippen molar-refractivity contribution >= 4 is 0 Å². The molecule has 0 radical (unpaired) electrons. The predicted octanol–water partition coefficient (Wildman–Crippen LogP) is 3.50. The predicted molar refractivity (Wildman–Crippen MR) is 69.8 cm³/mol. The van der Waals surface area contributed by atoms with Gasteiger partial charge in [-0.15, -0.1) is 0 Å². The second-order valence-electron chi connectivity index (χ2n) is 7.05. The Balaban J connectivity index is 2.57. The van der Waals surface area contributed by atoms with Crippen LogP contribution in [0.5, 0.6) is 0 Å². The number of hydrogen-bond donors (Lipinski definition) is 1. The average Bonchev–Trinajstić information content (AvgIpc) is 2.03. The van der Waals surface area contributed by atoms with Crippen LogP contribution in [0.1, 0.15) is 67.2 Å². The normalized spacial score (nSPS) is 28.1. The lowest BCUT2D eigenvalue weighted by molar-refractivity contribution is -0.0900. The largest absolute Gasteiger partial charge is 0.371 e. The van der Waals surface area contributed by atoms with Crippen molar-refractivity contribution in [2.45, 2.75) is 90.5 Å². The van der Waals surface area contributed by atoms with Crippen molar-refractivity contribution in [1.82, 2.24) is 5.32 Å². The van der Waals surface area contributed by atoms with E-state index in [-0.39, 0.29) is 11.1 Å². The summed E-state index contributed by atoms with van der Waals surface area (Å²) in [4.78, 5) is 0. The molecule has 2 nitrogen and oxygen atoms in total. The minimum Gasteiger partial charge on any atom is -0.371 e. The van der Waals surface area contributed by atoms with Crippen molar-refractivity contribution in [3.05, 3.63) is 0 Å². The van der Waals surface area contributed by atoms with Crippen LogP contribution in [0, 0.1) is 0 Å². The maximum absolute atomic E-state index is 6.17. The molecule has 2 atom stereocenters. The van der Waals surface area contributed by atoms with E-state index >= 15 is 0 Å². The lowest BCUT2D eigenvalue weighted by Crippen LogP contribution is -2.52. The second-order valence-corrected chi connectivity index (χ2v) is 7.05. The highest BCUT2D eigenvalue weighted by molar-refractivity contribution is 4.88. The van der Waals surface area contributed by atoms with Crippen LogP contribution in [0.25, 0.3) is 0 Å². The first kappa shape index (κ1) is 14.0. The third-order valence-electron chi connectivity index (χ3n) is 2.83. The van der Waals surface area contributed by atoms with E-state index in [0.717, 1.165) is 0 Å². The molecule has 16 heavy (non-hydrogen) atoms. The second kappa shape index (κ2) is 5.05. The zero-order valence-corrected chi connectivity index (χ0v) is 11.9. The van der Waals surface area contributed by atoms with Gasteiger partial charge in [-0.05, 0) is 54.4 Å². The van der Waals surface area contributed by atoms with Gasteiger partial charge in [0.2, 0.25) is 0 Å². The van der Waals surface area contributed by atoms with E-state index in [0.29, 0.717) is 12.1 Å². The van der Waals surface area contributed by atoms with E-state index in [9.17, 15) is 0 Å². The van der Waals surface area contributed by atoms with Crippen LogP contribution in [0.2, 0.25) is 0 Å². The summed E-state index contributed by atoms with van der Waals surface area (Å²) in [7, 11) is 0. The fourth-order valence-electron chi connectivity index (χ4n) is 2.41. The summed E-state index contributed by atoms with van der Waals surface area (Å²) in [5, 5.41) is 3.71. The summed E-state index contributed by atoms with van der Waals surface area (Å²) in [5.41, 5.74) is 0.154. The molecule has 0 saturated heterocycles. The molecule has 2 heteroatoms. The first-order chi connectivity index (χ1) is 7.17. The third-order valence-corrected chi connectivity index (χ3v) is 2.83. The molecular weight excluding hydrogens is 198 g/mol. The highest BCUT2D eigenvalue weighted by atomic mass is 16.5. The van der Waals surface area contributed by atoms with E-state index in [1.807, 2.05) is 0 Å². The molecule has 0 amide bonds. The van der Waals surface area contributed by atoms with Gasteiger partial charge in [0.15, 0.2) is 0 Å². The van der Waals surface area contributed by atoms with Gasteiger partial charge < -0.3 is 10.1 Å². The van der Waals surface area contributed by atoms with Gasteiger partial charge in [0.1, 0.15) is 0 Å². The van der Waals surface area contributed by atoms with Gasteiger partial charge in [0.25, 0.3) is 0 Å². The Morgan fingerprint density at radius 3 is 2.00 bits per heavy atom. The van der Waals surface area contributed by atoms with Gasteiger partial charge in [-0.25, -0.2) is 0 Å². The minimum atomic E-state index is -0.0280. The van der Waals surface area contributed by atoms with Crippen LogP contribution in [-0.4, -0.2) is 23.3 Å².